The molecule has 2 aromatic rings. The second-order valence-corrected chi connectivity index (χ2v) is 6.03. The summed E-state index contributed by atoms with van der Waals surface area (Å²) in [6, 6.07) is 9.01. The number of carbonyl (C=O) groups is 2. The van der Waals surface area contributed by atoms with Gasteiger partial charge in [0, 0.05) is 11.6 Å². The molecule has 29 heavy (non-hydrogen) atoms. The number of nitro benzene ring substituents is 1. The van der Waals surface area contributed by atoms with Crippen molar-refractivity contribution in [3.05, 3.63) is 63.7 Å². The first-order valence-corrected chi connectivity index (χ1v) is 8.54. The molecule has 9 nitrogen and oxygen atoms in total. The van der Waals surface area contributed by atoms with Gasteiger partial charge in [0.1, 0.15) is 5.75 Å². The van der Waals surface area contributed by atoms with Gasteiger partial charge in [0.05, 0.1) is 23.7 Å². The summed E-state index contributed by atoms with van der Waals surface area (Å²) in [7, 11) is 1.51. The van der Waals surface area contributed by atoms with E-state index in [0.29, 0.717) is 17.1 Å². The highest BCUT2D eigenvalue weighted by Gasteiger charge is 2.23. The molecular weight excluding hydrogens is 382 g/mol. The highest BCUT2D eigenvalue weighted by molar-refractivity contribution is 6.01. The largest absolute Gasteiger partial charge is 0.497 e. The number of fused-ring (bicyclic) bond motifs is 1. The Morgan fingerprint density at radius 1 is 1.17 bits per heavy atom. The number of nitro groups is 1. The number of Topliss-reactive ketones (excluding diaryl/α,β-unsaturated/α-hetero) is 1. The smallest absolute Gasteiger partial charge is 0.331 e. The fourth-order valence-corrected chi connectivity index (χ4v) is 2.65. The molecule has 0 bridgehead atoms. The summed E-state index contributed by atoms with van der Waals surface area (Å²) in [6.07, 6.45) is 1.21. The predicted molar refractivity (Wildman–Crippen MR) is 101 cm³/mol. The lowest BCUT2D eigenvalue weighted by Crippen LogP contribution is -2.23. The second-order valence-electron chi connectivity index (χ2n) is 6.03. The van der Waals surface area contributed by atoms with Gasteiger partial charge in [0.15, 0.2) is 17.6 Å². The number of hydrogen-bond acceptors (Lipinski definition) is 8. The van der Waals surface area contributed by atoms with Gasteiger partial charge in [0.2, 0.25) is 12.6 Å². The quantitative estimate of drug-likeness (QED) is 0.229. The maximum absolute atomic E-state index is 12.4. The summed E-state index contributed by atoms with van der Waals surface area (Å²) in [5.41, 5.74) is 0.257. The summed E-state index contributed by atoms with van der Waals surface area (Å²) in [4.78, 5) is 35.1. The molecule has 0 unspecified atom stereocenters. The first kappa shape index (κ1) is 19.9. The third kappa shape index (κ3) is 4.52. The Morgan fingerprint density at radius 2 is 1.83 bits per heavy atom. The topological polar surface area (TPSA) is 114 Å². The molecule has 0 amide bonds. The third-order valence-electron chi connectivity index (χ3n) is 4.15. The van der Waals surface area contributed by atoms with Gasteiger partial charge in [-0.15, -0.1) is 0 Å². The predicted octanol–water partition coefficient (Wildman–Crippen LogP) is 3.16. The van der Waals surface area contributed by atoms with E-state index >= 15 is 0 Å². The number of rotatable bonds is 7. The lowest BCUT2D eigenvalue weighted by Gasteiger charge is -2.11. The summed E-state index contributed by atoms with van der Waals surface area (Å²) >= 11 is 0. The summed E-state index contributed by atoms with van der Waals surface area (Å²) in [6.45, 7) is 1.41. The number of benzene rings is 2. The first-order valence-electron chi connectivity index (χ1n) is 8.54. The highest BCUT2D eigenvalue weighted by Crippen LogP contribution is 2.38. The van der Waals surface area contributed by atoms with Crippen LogP contribution in [0.5, 0.6) is 17.2 Å². The van der Waals surface area contributed by atoms with Gasteiger partial charge >= 0.3 is 5.97 Å². The Balaban J connectivity index is 1.69. The van der Waals surface area contributed by atoms with Crippen LogP contribution in [-0.4, -0.2) is 36.7 Å². The average Bonchev–Trinajstić information content (AvgIpc) is 3.18. The number of hydrogen-bond donors (Lipinski definition) is 0. The van der Waals surface area contributed by atoms with Gasteiger partial charge in [0.25, 0.3) is 5.69 Å². The molecule has 0 saturated carbocycles. The molecular formula is C20H17NO8. The summed E-state index contributed by atoms with van der Waals surface area (Å²) in [5, 5.41) is 11.2. The van der Waals surface area contributed by atoms with E-state index in [1.54, 1.807) is 24.3 Å². The fourth-order valence-electron chi connectivity index (χ4n) is 2.65. The van der Waals surface area contributed by atoms with E-state index in [1.165, 1.54) is 32.2 Å². The van der Waals surface area contributed by atoms with Crippen molar-refractivity contribution in [1.82, 2.24) is 0 Å². The van der Waals surface area contributed by atoms with Crippen molar-refractivity contribution >= 4 is 23.5 Å². The molecule has 0 aromatic heterocycles. The van der Waals surface area contributed by atoms with Crippen LogP contribution in [0.15, 0.2) is 42.5 Å². The number of ketones is 1. The minimum Gasteiger partial charge on any atom is -0.497 e. The van der Waals surface area contributed by atoms with Crippen LogP contribution in [0, 0.1) is 10.1 Å². The van der Waals surface area contributed by atoms with E-state index in [1.807, 2.05) is 0 Å². The van der Waals surface area contributed by atoms with E-state index in [4.69, 9.17) is 18.9 Å². The van der Waals surface area contributed by atoms with Crippen LogP contribution >= 0.6 is 0 Å². The SMILES string of the molecule is COc1ccc(C(=O)[C@H](C)OC(=O)/C=C/c2cc3c(cc2[N+](=O)[O-])OCO3)cc1. The molecule has 0 saturated heterocycles. The molecule has 150 valence electrons. The molecule has 1 aliphatic heterocycles. The minimum absolute atomic E-state index is 0.0350. The van der Waals surface area contributed by atoms with Crippen molar-refractivity contribution in [2.45, 2.75) is 13.0 Å². The maximum atomic E-state index is 12.4. The molecule has 0 aliphatic carbocycles. The molecule has 1 heterocycles. The van der Waals surface area contributed by atoms with E-state index in [2.05, 4.69) is 0 Å². The lowest BCUT2D eigenvalue weighted by molar-refractivity contribution is -0.385. The Labute approximate surface area is 165 Å². The zero-order valence-electron chi connectivity index (χ0n) is 15.6. The molecule has 3 rings (SSSR count). The first-order chi connectivity index (χ1) is 13.9. The Kier molecular flexibility index (Phi) is 5.77. The van der Waals surface area contributed by atoms with E-state index < -0.39 is 17.0 Å². The third-order valence-corrected chi connectivity index (χ3v) is 4.15. The summed E-state index contributed by atoms with van der Waals surface area (Å²) < 4.78 is 20.4. The highest BCUT2D eigenvalue weighted by atomic mass is 16.7. The van der Waals surface area contributed by atoms with E-state index in [-0.39, 0.29) is 29.6 Å². The Morgan fingerprint density at radius 3 is 2.45 bits per heavy atom. The van der Waals surface area contributed by atoms with Crippen molar-refractivity contribution < 1.29 is 33.5 Å². The van der Waals surface area contributed by atoms with Crippen molar-refractivity contribution in [3.8, 4) is 17.2 Å². The van der Waals surface area contributed by atoms with Crippen LogP contribution in [0.2, 0.25) is 0 Å². The zero-order chi connectivity index (χ0) is 21.0. The van der Waals surface area contributed by atoms with Gasteiger partial charge in [-0.3, -0.25) is 14.9 Å². The van der Waals surface area contributed by atoms with Crippen molar-refractivity contribution in [2.75, 3.05) is 13.9 Å². The molecule has 2 aromatic carbocycles. The molecule has 0 fully saturated rings. The number of esters is 1. The number of methoxy groups -OCH3 is 1. The summed E-state index contributed by atoms with van der Waals surface area (Å²) in [5.74, 6) is -0.00366. The minimum atomic E-state index is -1.03. The van der Waals surface area contributed by atoms with Gasteiger partial charge < -0.3 is 18.9 Å². The standard InChI is InChI=1S/C20H17NO8/c1-12(20(23)13-3-6-15(26-2)7-4-13)29-19(22)8-5-14-9-17-18(28-11-27-17)10-16(14)21(24)25/h3-10,12H,11H2,1-2H3/b8-5+/t12-/m0/s1. The van der Waals surface area contributed by atoms with Crippen LogP contribution in [0.1, 0.15) is 22.8 Å². The molecule has 9 heteroatoms. The monoisotopic (exact) mass is 399 g/mol. The van der Waals surface area contributed by atoms with Crippen LogP contribution < -0.4 is 14.2 Å². The fraction of sp³-hybridized carbons (Fsp3) is 0.200. The van der Waals surface area contributed by atoms with E-state index in [9.17, 15) is 19.7 Å². The number of ether oxygens (including phenoxy) is 4. The van der Waals surface area contributed by atoms with Gasteiger partial charge in [-0.2, -0.15) is 0 Å². The van der Waals surface area contributed by atoms with Gasteiger partial charge in [-0.1, -0.05) is 0 Å². The zero-order valence-corrected chi connectivity index (χ0v) is 15.6. The molecule has 1 aliphatic rings. The molecule has 0 spiro atoms. The van der Waals surface area contributed by atoms with Gasteiger partial charge in [-0.25, -0.2) is 4.79 Å². The normalized spacial score (nSPS) is 13.2. The number of carbonyl (C=O) groups excluding carboxylic acids is 2. The van der Waals surface area contributed by atoms with Crippen LogP contribution in [-0.2, 0) is 9.53 Å². The number of nitrogens with zero attached hydrogens (tertiary/aromatic N) is 1. The Hall–Kier alpha value is -3.88. The molecule has 0 radical (unpaired) electrons. The lowest BCUT2D eigenvalue weighted by atomic mass is 10.1. The average molecular weight is 399 g/mol. The Bertz CT molecular complexity index is 981. The van der Waals surface area contributed by atoms with E-state index in [0.717, 1.165) is 6.08 Å². The molecule has 0 N–H and O–H groups in total. The van der Waals surface area contributed by atoms with Crippen LogP contribution in [0.25, 0.3) is 6.08 Å². The second kappa shape index (κ2) is 8.42. The molecule has 1 atom stereocenters. The van der Waals surface area contributed by atoms with Crippen LogP contribution in [0.4, 0.5) is 5.69 Å². The van der Waals surface area contributed by atoms with Gasteiger partial charge in [-0.05, 0) is 43.3 Å². The van der Waals surface area contributed by atoms with Crippen LogP contribution in [0.3, 0.4) is 0 Å². The van der Waals surface area contributed by atoms with Crippen molar-refractivity contribution in [1.29, 1.82) is 0 Å². The van der Waals surface area contributed by atoms with Crippen molar-refractivity contribution in [2.24, 2.45) is 0 Å². The van der Waals surface area contributed by atoms with Crippen molar-refractivity contribution in [3.63, 3.8) is 0 Å². The maximum Gasteiger partial charge on any atom is 0.331 e.